The molecule has 10 heteroatoms. The molecule has 0 saturated heterocycles. The number of methoxy groups -OCH3 is 1. The summed E-state index contributed by atoms with van der Waals surface area (Å²) < 4.78 is 6.97. The first kappa shape index (κ1) is 19.3. The van der Waals surface area contributed by atoms with Crippen LogP contribution in [0, 0.1) is 0 Å². The Morgan fingerprint density at radius 3 is 2.61 bits per heavy atom. The predicted molar refractivity (Wildman–Crippen MR) is 98.8 cm³/mol. The smallest absolute Gasteiger partial charge is 0.289 e. The fraction of sp³-hybridized carbons (Fsp3) is 0.389. The highest BCUT2D eigenvalue weighted by Crippen LogP contribution is 2.22. The van der Waals surface area contributed by atoms with Gasteiger partial charge in [0.25, 0.3) is 11.8 Å². The molecule has 28 heavy (non-hydrogen) atoms. The van der Waals surface area contributed by atoms with Gasteiger partial charge in [-0.1, -0.05) is 12.1 Å². The number of hydrogen-bond acceptors (Lipinski definition) is 6. The number of ether oxygens (including phenoxy) is 1. The van der Waals surface area contributed by atoms with E-state index in [2.05, 4.69) is 20.8 Å². The number of aromatic nitrogens is 3. The molecule has 2 N–H and O–H groups in total. The minimum Gasteiger partial charge on any atom is -0.496 e. The molecule has 3 amide bonds. The van der Waals surface area contributed by atoms with E-state index in [0.717, 1.165) is 0 Å². The normalized spacial score (nSPS) is 12.9. The summed E-state index contributed by atoms with van der Waals surface area (Å²) in [5.41, 5.74) is 0.480. The van der Waals surface area contributed by atoms with Crippen LogP contribution in [0.15, 0.2) is 24.3 Å². The number of nitrogens with one attached hydrogen (secondary N) is 2. The van der Waals surface area contributed by atoms with Crippen LogP contribution in [-0.2, 0) is 17.9 Å². The van der Waals surface area contributed by atoms with E-state index in [1.807, 2.05) is 0 Å². The molecule has 10 nitrogen and oxygen atoms in total. The van der Waals surface area contributed by atoms with Crippen LogP contribution >= 0.6 is 0 Å². The van der Waals surface area contributed by atoms with Gasteiger partial charge in [-0.15, -0.1) is 10.2 Å². The summed E-state index contributed by atoms with van der Waals surface area (Å²) >= 11 is 0. The second-order valence-corrected chi connectivity index (χ2v) is 6.26. The number of nitrogens with zero attached hydrogens (tertiary/aromatic N) is 4. The summed E-state index contributed by atoms with van der Waals surface area (Å²) in [4.78, 5) is 37.6. The molecular formula is C18H22N6O4. The average molecular weight is 386 g/mol. The van der Waals surface area contributed by atoms with Gasteiger partial charge in [-0.25, -0.2) is 0 Å². The number of carbonyl (C=O) groups is 3. The second kappa shape index (κ2) is 8.51. The maximum Gasteiger partial charge on any atom is 0.289 e. The van der Waals surface area contributed by atoms with Crippen molar-refractivity contribution in [1.82, 2.24) is 30.3 Å². The van der Waals surface area contributed by atoms with Crippen molar-refractivity contribution >= 4 is 17.7 Å². The van der Waals surface area contributed by atoms with Gasteiger partial charge in [0.1, 0.15) is 5.75 Å². The van der Waals surface area contributed by atoms with E-state index in [-0.39, 0.29) is 30.1 Å². The van der Waals surface area contributed by atoms with Gasteiger partial charge in [-0.05, 0) is 12.1 Å². The fourth-order valence-electron chi connectivity index (χ4n) is 2.98. The van der Waals surface area contributed by atoms with Gasteiger partial charge >= 0.3 is 0 Å². The van der Waals surface area contributed by atoms with Gasteiger partial charge in [-0.2, -0.15) is 0 Å². The molecule has 0 spiro atoms. The van der Waals surface area contributed by atoms with Gasteiger partial charge in [0.05, 0.1) is 19.2 Å². The molecule has 0 unspecified atom stereocenters. The molecule has 0 aliphatic carbocycles. The lowest BCUT2D eigenvalue weighted by molar-refractivity contribution is -0.118. The molecular weight excluding hydrogens is 364 g/mol. The molecule has 0 saturated carbocycles. The molecule has 1 aromatic carbocycles. The highest BCUT2D eigenvalue weighted by molar-refractivity contribution is 5.97. The molecule has 0 bridgehead atoms. The molecule has 1 aromatic heterocycles. The number of benzene rings is 1. The maximum absolute atomic E-state index is 12.8. The minimum absolute atomic E-state index is 0.158. The van der Waals surface area contributed by atoms with Crippen LogP contribution in [0.2, 0.25) is 0 Å². The van der Waals surface area contributed by atoms with Crippen molar-refractivity contribution in [3.63, 3.8) is 0 Å². The van der Waals surface area contributed by atoms with Gasteiger partial charge < -0.3 is 24.8 Å². The first-order valence-corrected chi connectivity index (χ1v) is 8.88. The van der Waals surface area contributed by atoms with E-state index in [0.29, 0.717) is 43.3 Å². The first-order chi connectivity index (χ1) is 13.5. The van der Waals surface area contributed by atoms with Crippen molar-refractivity contribution in [3.8, 4) is 5.75 Å². The van der Waals surface area contributed by atoms with E-state index in [1.165, 1.54) is 14.0 Å². The lowest BCUT2D eigenvalue weighted by atomic mass is 10.1. The summed E-state index contributed by atoms with van der Waals surface area (Å²) in [7, 11) is 1.52. The monoisotopic (exact) mass is 386 g/mol. The van der Waals surface area contributed by atoms with Crippen LogP contribution in [0.1, 0.15) is 33.7 Å². The summed E-state index contributed by atoms with van der Waals surface area (Å²) in [5, 5.41) is 13.3. The Morgan fingerprint density at radius 1 is 1.11 bits per heavy atom. The van der Waals surface area contributed by atoms with Crippen molar-refractivity contribution in [3.05, 3.63) is 41.5 Å². The van der Waals surface area contributed by atoms with Crippen LogP contribution in [0.3, 0.4) is 0 Å². The third kappa shape index (κ3) is 4.11. The van der Waals surface area contributed by atoms with Crippen LogP contribution < -0.4 is 15.4 Å². The van der Waals surface area contributed by atoms with Gasteiger partial charge in [0, 0.05) is 33.1 Å². The van der Waals surface area contributed by atoms with Crippen LogP contribution in [0.25, 0.3) is 0 Å². The zero-order valence-electron chi connectivity index (χ0n) is 15.8. The molecule has 2 heterocycles. The lowest BCUT2D eigenvalue weighted by Crippen LogP contribution is -2.40. The second-order valence-electron chi connectivity index (χ2n) is 6.26. The molecule has 0 radical (unpaired) electrons. The molecule has 2 aromatic rings. The highest BCUT2D eigenvalue weighted by atomic mass is 16.5. The third-order valence-corrected chi connectivity index (χ3v) is 4.37. The Hall–Kier alpha value is -3.43. The maximum atomic E-state index is 12.8. The molecule has 3 rings (SSSR count). The van der Waals surface area contributed by atoms with Crippen LogP contribution in [0.5, 0.6) is 5.75 Å². The molecule has 148 valence electrons. The number of fused-ring (bicyclic) bond motifs is 1. The average Bonchev–Trinajstić information content (AvgIpc) is 3.13. The molecule has 1 aliphatic heterocycles. The number of carbonyl (C=O) groups excluding carboxylic acids is 3. The predicted octanol–water partition coefficient (Wildman–Crippen LogP) is -0.191. The Bertz CT molecular complexity index is 894. The van der Waals surface area contributed by atoms with E-state index in [9.17, 15) is 14.4 Å². The van der Waals surface area contributed by atoms with E-state index >= 15 is 0 Å². The van der Waals surface area contributed by atoms with E-state index in [4.69, 9.17) is 4.74 Å². The Labute approximate surface area is 161 Å². The topological polar surface area (TPSA) is 118 Å². The van der Waals surface area contributed by atoms with Crippen molar-refractivity contribution < 1.29 is 19.1 Å². The van der Waals surface area contributed by atoms with Gasteiger partial charge in [-0.3, -0.25) is 14.4 Å². The number of hydrogen-bond donors (Lipinski definition) is 2. The summed E-state index contributed by atoms with van der Waals surface area (Å²) in [6.45, 7) is 3.13. The summed E-state index contributed by atoms with van der Waals surface area (Å²) in [6.07, 6.45) is 0. The third-order valence-electron chi connectivity index (χ3n) is 4.37. The van der Waals surface area contributed by atoms with E-state index in [1.54, 1.807) is 33.7 Å². The number of amides is 3. The van der Waals surface area contributed by atoms with Crippen LogP contribution in [-0.4, -0.2) is 64.1 Å². The largest absolute Gasteiger partial charge is 0.496 e. The molecule has 0 atom stereocenters. The van der Waals surface area contributed by atoms with Crippen molar-refractivity contribution in [2.75, 3.05) is 26.7 Å². The SMILES string of the molecule is COc1ccccc1C(=O)N1CCn2c(nnc2C(=O)NCCNC(C)=O)C1. The standard InChI is InChI=1S/C18H22N6O4/c1-12(25)19-7-8-20-17(26)16-22-21-15-11-23(9-10-24(15)16)18(27)13-5-3-4-6-14(13)28-2/h3-6H,7-11H2,1-2H3,(H,19,25)(H,20,26). The minimum atomic E-state index is -0.367. The molecule has 0 fully saturated rings. The first-order valence-electron chi connectivity index (χ1n) is 8.88. The number of rotatable bonds is 6. The van der Waals surface area contributed by atoms with Crippen molar-refractivity contribution in [2.45, 2.75) is 20.0 Å². The van der Waals surface area contributed by atoms with Gasteiger partial charge in [0.15, 0.2) is 5.82 Å². The highest BCUT2D eigenvalue weighted by Gasteiger charge is 2.28. The lowest BCUT2D eigenvalue weighted by Gasteiger charge is -2.28. The molecule has 1 aliphatic rings. The Balaban J connectivity index is 1.66. The number of para-hydroxylation sites is 1. The Kier molecular flexibility index (Phi) is 5.87. The fourth-order valence-corrected chi connectivity index (χ4v) is 2.98. The zero-order valence-corrected chi connectivity index (χ0v) is 15.8. The van der Waals surface area contributed by atoms with Crippen molar-refractivity contribution in [2.24, 2.45) is 0 Å². The van der Waals surface area contributed by atoms with Crippen molar-refractivity contribution in [1.29, 1.82) is 0 Å². The summed E-state index contributed by atoms with van der Waals surface area (Å²) in [6, 6.07) is 7.04. The summed E-state index contributed by atoms with van der Waals surface area (Å²) in [5.74, 6) is 0.568. The quantitative estimate of drug-likeness (QED) is 0.664. The van der Waals surface area contributed by atoms with Crippen LogP contribution in [0.4, 0.5) is 0 Å². The Morgan fingerprint density at radius 2 is 1.86 bits per heavy atom. The van der Waals surface area contributed by atoms with E-state index < -0.39 is 0 Å². The zero-order chi connectivity index (χ0) is 20.1. The van der Waals surface area contributed by atoms with Gasteiger partial charge in [0.2, 0.25) is 11.7 Å².